The van der Waals surface area contributed by atoms with Crippen LogP contribution in [0.15, 0.2) is 72.8 Å². The van der Waals surface area contributed by atoms with Crippen LogP contribution in [-0.4, -0.2) is 41.7 Å². The van der Waals surface area contributed by atoms with Crippen molar-refractivity contribution in [2.75, 3.05) is 0 Å². The Balaban J connectivity index is 1.40. The van der Waals surface area contributed by atoms with Crippen molar-refractivity contribution in [1.82, 2.24) is 0 Å². The van der Waals surface area contributed by atoms with Crippen LogP contribution in [0.4, 0.5) is 0 Å². The number of hydrogen-bond acceptors (Lipinski definition) is 7. The predicted octanol–water partition coefficient (Wildman–Crippen LogP) is 5.15. The van der Waals surface area contributed by atoms with E-state index in [4.69, 9.17) is 28.1 Å². The molecule has 0 radical (unpaired) electrons. The van der Waals surface area contributed by atoms with Gasteiger partial charge >= 0.3 is 14.2 Å². The lowest BCUT2D eigenvalue weighted by Gasteiger charge is -2.32. The van der Waals surface area contributed by atoms with Gasteiger partial charge in [-0.1, -0.05) is 36.4 Å². The van der Waals surface area contributed by atoms with Crippen LogP contribution >= 0.6 is 0 Å². The van der Waals surface area contributed by atoms with Gasteiger partial charge in [-0.25, -0.2) is 0 Å². The summed E-state index contributed by atoms with van der Waals surface area (Å²) in [7, 11) is -1.05. The van der Waals surface area contributed by atoms with Gasteiger partial charge in [0.15, 0.2) is 0 Å². The molecular formula is C31H38B2O7. The maximum Gasteiger partial charge on any atom is 0.494 e. The van der Waals surface area contributed by atoms with Crippen LogP contribution < -0.4 is 20.4 Å². The highest BCUT2D eigenvalue weighted by Crippen LogP contribution is 2.38. The number of phenolic OH excluding ortho intramolecular Hbond substituents is 1. The summed E-state index contributed by atoms with van der Waals surface area (Å²) >= 11 is 0. The molecule has 210 valence electrons. The number of hydrogen-bond donors (Lipinski definition) is 1. The Morgan fingerprint density at radius 3 is 1.38 bits per heavy atom. The first-order valence-corrected chi connectivity index (χ1v) is 13.7. The van der Waals surface area contributed by atoms with Crippen molar-refractivity contribution in [3.05, 3.63) is 78.4 Å². The molecule has 0 atom stereocenters. The Hall–Kier alpha value is -2.97. The third kappa shape index (κ3) is 5.61. The highest BCUT2D eigenvalue weighted by atomic mass is 16.7. The fraction of sp³-hybridized carbons (Fsp3) is 0.419. The normalized spacial score (nSPS) is 20.6. The summed E-state index contributed by atoms with van der Waals surface area (Å²) in [4.78, 5) is 0. The Kier molecular flexibility index (Phi) is 7.24. The standard InChI is InChI=1S/C31H38B2O7/c1-28(2)29(3,4)38-32(37-28)22-13-10-16-25(19-22)35-27(21-12-9-15-24(34)18-21)36-26-17-11-14-23(20-26)33-39-30(5,6)31(7,8)40-33/h9-20,27,34H,1-8H3. The first-order valence-electron chi connectivity index (χ1n) is 13.7. The molecule has 0 aliphatic carbocycles. The lowest BCUT2D eigenvalue weighted by molar-refractivity contribution is 0.00375. The molecule has 2 fully saturated rings. The van der Waals surface area contributed by atoms with E-state index in [0.29, 0.717) is 17.1 Å². The summed E-state index contributed by atoms with van der Waals surface area (Å²) in [6, 6.07) is 22.0. The third-order valence-corrected chi connectivity index (χ3v) is 8.40. The fourth-order valence-electron chi connectivity index (χ4n) is 4.51. The second kappa shape index (κ2) is 10.1. The molecule has 0 spiro atoms. The summed E-state index contributed by atoms with van der Waals surface area (Å²) in [5, 5.41) is 10.2. The molecular weight excluding hydrogens is 506 g/mol. The summed E-state index contributed by atoms with van der Waals surface area (Å²) in [6.07, 6.45) is -0.853. The van der Waals surface area contributed by atoms with E-state index in [1.54, 1.807) is 18.2 Å². The highest BCUT2D eigenvalue weighted by molar-refractivity contribution is 6.62. The van der Waals surface area contributed by atoms with Gasteiger partial charge in [-0.15, -0.1) is 0 Å². The monoisotopic (exact) mass is 544 g/mol. The van der Waals surface area contributed by atoms with Crippen molar-refractivity contribution >= 4 is 25.2 Å². The van der Waals surface area contributed by atoms with Crippen LogP contribution in [0.25, 0.3) is 0 Å². The van der Waals surface area contributed by atoms with Crippen molar-refractivity contribution < 1.29 is 33.2 Å². The summed E-state index contributed by atoms with van der Waals surface area (Å²) in [5.41, 5.74) is 0.519. The Labute approximate surface area is 238 Å². The van der Waals surface area contributed by atoms with E-state index in [1.165, 1.54) is 0 Å². The molecule has 0 saturated carbocycles. The molecule has 2 heterocycles. The molecule has 3 aromatic carbocycles. The van der Waals surface area contributed by atoms with E-state index in [2.05, 4.69) is 0 Å². The first-order chi connectivity index (χ1) is 18.7. The van der Waals surface area contributed by atoms with Crippen molar-refractivity contribution in [2.45, 2.75) is 84.1 Å². The molecule has 0 bridgehead atoms. The van der Waals surface area contributed by atoms with Gasteiger partial charge in [-0.05, 0) is 103 Å². The second-order valence-electron chi connectivity index (χ2n) is 12.5. The average Bonchev–Trinajstić information content (AvgIpc) is 3.23. The SMILES string of the molecule is CC1(C)OB(c2cccc(OC(Oc3cccc(B4OC(C)(C)C(C)(C)O4)c3)c3cccc(O)c3)c2)OC1(C)C. The van der Waals surface area contributed by atoms with Gasteiger partial charge < -0.3 is 33.2 Å². The zero-order valence-electron chi connectivity index (χ0n) is 24.6. The van der Waals surface area contributed by atoms with Crippen molar-refractivity contribution in [3.63, 3.8) is 0 Å². The molecule has 40 heavy (non-hydrogen) atoms. The van der Waals surface area contributed by atoms with Crippen molar-refractivity contribution in [3.8, 4) is 17.2 Å². The zero-order valence-corrected chi connectivity index (χ0v) is 24.6. The van der Waals surface area contributed by atoms with Gasteiger partial charge in [0.1, 0.15) is 17.2 Å². The molecule has 0 unspecified atom stereocenters. The first kappa shape index (κ1) is 28.6. The Morgan fingerprint density at radius 1 is 0.575 bits per heavy atom. The molecule has 2 aliphatic heterocycles. The molecule has 0 amide bonds. The molecule has 9 heteroatoms. The second-order valence-corrected chi connectivity index (χ2v) is 12.5. The minimum absolute atomic E-state index is 0.117. The largest absolute Gasteiger partial charge is 0.508 e. The number of rotatable bonds is 7. The molecule has 2 aliphatic rings. The quantitative estimate of drug-likeness (QED) is 0.326. The fourth-order valence-corrected chi connectivity index (χ4v) is 4.51. The molecule has 3 aromatic rings. The number of benzene rings is 3. The van der Waals surface area contributed by atoms with E-state index < -0.39 is 42.9 Å². The Morgan fingerprint density at radius 2 is 0.975 bits per heavy atom. The van der Waals surface area contributed by atoms with Gasteiger partial charge in [-0.3, -0.25) is 0 Å². The molecule has 0 aromatic heterocycles. The zero-order chi connectivity index (χ0) is 28.9. The summed E-state index contributed by atoms with van der Waals surface area (Å²) in [6.45, 7) is 16.2. The molecule has 1 N–H and O–H groups in total. The van der Waals surface area contributed by atoms with Crippen molar-refractivity contribution in [1.29, 1.82) is 0 Å². The van der Waals surface area contributed by atoms with Gasteiger partial charge in [0.2, 0.25) is 0 Å². The van der Waals surface area contributed by atoms with Crippen LogP contribution in [-0.2, 0) is 18.6 Å². The van der Waals surface area contributed by atoms with Gasteiger partial charge in [0.25, 0.3) is 6.29 Å². The van der Waals surface area contributed by atoms with Crippen LogP contribution in [0.3, 0.4) is 0 Å². The predicted molar refractivity (Wildman–Crippen MR) is 156 cm³/mol. The summed E-state index contributed by atoms with van der Waals surface area (Å²) < 4.78 is 37.7. The Bertz CT molecular complexity index is 1260. The van der Waals surface area contributed by atoms with Crippen molar-refractivity contribution in [2.24, 2.45) is 0 Å². The van der Waals surface area contributed by atoms with Gasteiger partial charge in [-0.2, -0.15) is 0 Å². The number of phenols is 1. The average molecular weight is 544 g/mol. The minimum Gasteiger partial charge on any atom is -0.508 e. The topological polar surface area (TPSA) is 75.6 Å². The number of aromatic hydroxyl groups is 1. The van der Waals surface area contributed by atoms with Crippen LogP contribution in [0.2, 0.25) is 0 Å². The van der Waals surface area contributed by atoms with Gasteiger partial charge in [0, 0.05) is 5.56 Å². The van der Waals surface area contributed by atoms with Crippen LogP contribution in [0, 0.1) is 0 Å². The maximum absolute atomic E-state index is 10.2. The lowest BCUT2D eigenvalue weighted by atomic mass is 9.79. The third-order valence-electron chi connectivity index (χ3n) is 8.40. The molecule has 7 nitrogen and oxygen atoms in total. The smallest absolute Gasteiger partial charge is 0.494 e. The van der Waals surface area contributed by atoms with E-state index in [9.17, 15) is 5.11 Å². The van der Waals surface area contributed by atoms with E-state index in [-0.39, 0.29) is 5.75 Å². The molecule has 2 saturated heterocycles. The van der Waals surface area contributed by atoms with Gasteiger partial charge in [0.05, 0.1) is 22.4 Å². The number of ether oxygens (including phenoxy) is 2. The summed E-state index contributed by atoms with van der Waals surface area (Å²) in [5.74, 6) is 1.26. The van der Waals surface area contributed by atoms with E-state index in [1.807, 2.05) is 110 Å². The highest BCUT2D eigenvalue weighted by Gasteiger charge is 2.52. The maximum atomic E-state index is 10.2. The van der Waals surface area contributed by atoms with Crippen LogP contribution in [0.5, 0.6) is 17.2 Å². The van der Waals surface area contributed by atoms with E-state index >= 15 is 0 Å². The molecule has 5 rings (SSSR count). The lowest BCUT2D eigenvalue weighted by Crippen LogP contribution is -2.41. The minimum atomic E-state index is -0.853. The van der Waals surface area contributed by atoms with Crippen LogP contribution in [0.1, 0.15) is 67.2 Å². The van der Waals surface area contributed by atoms with E-state index in [0.717, 1.165) is 10.9 Å².